The van der Waals surface area contributed by atoms with Crippen LogP contribution in [0.3, 0.4) is 0 Å². The number of carboxylic acid groups (broad SMARTS) is 2. The molecule has 8 nitrogen and oxygen atoms in total. The Bertz CT molecular complexity index is 911. The molecule has 0 heterocycles. The second kappa shape index (κ2) is 13.4. The molecular weight excluding hydrogens is 452 g/mol. The molecule has 4 N–H and O–H groups in total. The molecule has 0 saturated carbocycles. The predicted octanol–water partition coefficient (Wildman–Crippen LogP) is 2.45. The molecule has 0 aliphatic carbocycles. The molecule has 2 aromatic carbocycles. The summed E-state index contributed by atoms with van der Waals surface area (Å²) in [5.74, 6) is -3.14. The van der Waals surface area contributed by atoms with Gasteiger partial charge in [-0.15, -0.1) is 0 Å². The summed E-state index contributed by atoms with van der Waals surface area (Å²) in [4.78, 5) is 47.2. The maximum absolute atomic E-state index is 12.2. The molecule has 2 rings (SSSR count). The Morgan fingerprint density at radius 3 is 1.78 bits per heavy atom. The van der Waals surface area contributed by atoms with Crippen LogP contribution < -0.4 is 10.6 Å². The first-order chi connectivity index (χ1) is 15.4. The highest BCUT2D eigenvalue weighted by Gasteiger charge is 2.23. The third-order valence-corrected chi connectivity index (χ3v) is 6.73. The van der Waals surface area contributed by atoms with Crippen molar-refractivity contribution in [2.45, 2.75) is 24.9 Å². The summed E-state index contributed by atoms with van der Waals surface area (Å²) >= 11 is 0. The summed E-state index contributed by atoms with van der Waals surface area (Å²) in [6, 6.07) is 15.4. The Labute approximate surface area is 193 Å². The van der Waals surface area contributed by atoms with Crippen molar-refractivity contribution < 1.29 is 29.4 Å². The van der Waals surface area contributed by atoms with E-state index >= 15 is 0 Å². The Balaban J connectivity index is 1.76. The number of carbonyl (C=O) groups excluding carboxylic acids is 2. The number of nitrogens with one attached hydrogen (secondary N) is 2. The fourth-order valence-electron chi connectivity index (χ4n) is 2.58. The lowest BCUT2D eigenvalue weighted by Crippen LogP contribution is -2.43. The van der Waals surface area contributed by atoms with Gasteiger partial charge in [0.25, 0.3) is 5.91 Å². The first-order valence-electron chi connectivity index (χ1n) is 9.76. The van der Waals surface area contributed by atoms with Gasteiger partial charge >= 0.3 is 11.9 Å². The van der Waals surface area contributed by atoms with Gasteiger partial charge in [0, 0.05) is 23.5 Å². The minimum absolute atomic E-state index is 0.0346. The predicted molar refractivity (Wildman–Crippen MR) is 125 cm³/mol. The number of rotatable bonds is 13. The summed E-state index contributed by atoms with van der Waals surface area (Å²) in [6.45, 7) is 0. The second-order valence-corrected chi connectivity index (χ2v) is 9.30. The Kier molecular flexibility index (Phi) is 10.6. The molecule has 0 saturated heterocycles. The molecule has 0 aliphatic heterocycles. The van der Waals surface area contributed by atoms with E-state index in [4.69, 9.17) is 0 Å². The largest absolute Gasteiger partial charge is 0.480 e. The van der Waals surface area contributed by atoms with Gasteiger partial charge in [-0.1, -0.05) is 70.1 Å². The number of carboxylic acids is 2. The van der Waals surface area contributed by atoms with E-state index < -0.39 is 29.9 Å². The highest BCUT2D eigenvalue weighted by molar-refractivity contribution is 8.76. The summed E-state index contributed by atoms with van der Waals surface area (Å²) < 4.78 is 0. The quantitative estimate of drug-likeness (QED) is 0.256. The number of hydrogen-bond acceptors (Lipinski definition) is 6. The van der Waals surface area contributed by atoms with Crippen LogP contribution in [0.5, 0.6) is 0 Å². The van der Waals surface area contributed by atoms with Gasteiger partial charge in [-0.3, -0.25) is 9.59 Å². The SMILES string of the molecule is O=C(CCc1ccccc1)N[C@@H](CSSC[C@H](NC(=O)c1ccccc1)C(=O)O)C(=O)O. The lowest BCUT2D eigenvalue weighted by atomic mass is 10.1. The molecule has 10 heteroatoms. The van der Waals surface area contributed by atoms with E-state index in [1.54, 1.807) is 30.3 Å². The lowest BCUT2D eigenvalue weighted by Gasteiger charge is -2.16. The monoisotopic (exact) mass is 476 g/mol. The van der Waals surface area contributed by atoms with E-state index in [-0.39, 0.29) is 23.8 Å². The van der Waals surface area contributed by atoms with Crippen molar-refractivity contribution in [1.29, 1.82) is 0 Å². The number of benzene rings is 2. The van der Waals surface area contributed by atoms with E-state index in [2.05, 4.69) is 10.6 Å². The van der Waals surface area contributed by atoms with Gasteiger partial charge in [0.2, 0.25) is 5.91 Å². The molecule has 0 unspecified atom stereocenters. The average Bonchev–Trinajstić information content (AvgIpc) is 2.79. The molecule has 0 fully saturated rings. The highest BCUT2D eigenvalue weighted by Crippen LogP contribution is 2.23. The number of carbonyl (C=O) groups is 4. The van der Waals surface area contributed by atoms with E-state index in [1.165, 1.54) is 0 Å². The third kappa shape index (κ3) is 9.03. The first kappa shape index (κ1) is 25.3. The standard InChI is InChI=1S/C22H24N2O6S2/c25-19(12-11-15-7-3-1-4-8-15)23-17(21(27)28)13-31-32-14-18(22(29)30)24-20(26)16-9-5-2-6-10-16/h1-10,17-18H,11-14H2,(H,23,25)(H,24,26)(H,27,28)(H,29,30)/t17-,18-/m0/s1. The van der Waals surface area contributed by atoms with Gasteiger partial charge in [0.05, 0.1) is 0 Å². The molecule has 0 spiro atoms. The molecule has 170 valence electrons. The van der Waals surface area contributed by atoms with Crippen LogP contribution in [0, 0.1) is 0 Å². The first-order valence-corrected chi connectivity index (χ1v) is 12.2. The molecule has 0 bridgehead atoms. The van der Waals surface area contributed by atoms with Gasteiger partial charge < -0.3 is 20.8 Å². The van der Waals surface area contributed by atoms with Crippen molar-refractivity contribution in [3.8, 4) is 0 Å². The van der Waals surface area contributed by atoms with Crippen LogP contribution >= 0.6 is 21.6 Å². The molecule has 0 radical (unpaired) electrons. The van der Waals surface area contributed by atoms with Crippen molar-refractivity contribution >= 4 is 45.3 Å². The number of amides is 2. The zero-order valence-electron chi connectivity index (χ0n) is 17.1. The Morgan fingerprint density at radius 1 is 0.750 bits per heavy atom. The molecule has 0 aromatic heterocycles. The fourth-order valence-corrected chi connectivity index (χ4v) is 4.89. The topological polar surface area (TPSA) is 133 Å². The van der Waals surface area contributed by atoms with Gasteiger partial charge in [0.15, 0.2) is 0 Å². The van der Waals surface area contributed by atoms with Crippen LogP contribution in [0.15, 0.2) is 60.7 Å². The van der Waals surface area contributed by atoms with Crippen molar-refractivity contribution in [1.82, 2.24) is 10.6 Å². The van der Waals surface area contributed by atoms with E-state index in [0.717, 1.165) is 27.2 Å². The number of aryl methyl sites for hydroxylation is 1. The average molecular weight is 477 g/mol. The number of aliphatic carboxylic acids is 2. The molecule has 2 aromatic rings. The molecular formula is C22H24N2O6S2. The van der Waals surface area contributed by atoms with Gasteiger partial charge in [-0.25, -0.2) is 9.59 Å². The molecule has 2 atom stereocenters. The summed E-state index contributed by atoms with van der Waals surface area (Å²) in [7, 11) is 2.24. The van der Waals surface area contributed by atoms with E-state index in [9.17, 15) is 29.4 Å². The summed E-state index contributed by atoms with van der Waals surface area (Å²) in [5.41, 5.74) is 1.33. The maximum atomic E-state index is 12.2. The summed E-state index contributed by atoms with van der Waals surface area (Å²) in [5, 5.41) is 23.7. The fraction of sp³-hybridized carbons (Fsp3) is 0.273. The van der Waals surface area contributed by atoms with Crippen molar-refractivity contribution in [3.63, 3.8) is 0 Å². The van der Waals surface area contributed by atoms with Crippen molar-refractivity contribution in [3.05, 3.63) is 71.8 Å². The smallest absolute Gasteiger partial charge is 0.327 e. The third-order valence-electron chi connectivity index (χ3n) is 4.31. The van der Waals surface area contributed by atoms with Crippen LogP contribution in [-0.4, -0.2) is 57.6 Å². The van der Waals surface area contributed by atoms with Gasteiger partial charge in [-0.2, -0.15) is 0 Å². The second-order valence-electron chi connectivity index (χ2n) is 6.74. The minimum Gasteiger partial charge on any atom is -0.480 e. The molecule has 2 amide bonds. The van der Waals surface area contributed by atoms with Crippen molar-refractivity contribution in [2.24, 2.45) is 0 Å². The Morgan fingerprint density at radius 2 is 1.25 bits per heavy atom. The highest BCUT2D eigenvalue weighted by atomic mass is 33.1. The van der Waals surface area contributed by atoms with Crippen molar-refractivity contribution in [2.75, 3.05) is 11.5 Å². The van der Waals surface area contributed by atoms with Crippen LogP contribution in [0.2, 0.25) is 0 Å². The van der Waals surface area contributed by atoms with E-state index in [0.29, 0.717) is 12.0 Å². The zero-order chi connectivity index (χ0) is 23.3. The van der Waals surface area contributed by atoms with Gasteiger partial charge in [0.1, 0.15) is 12.1 Å². The Hall–Kier alpha value is -2.98. The van der Waals surface area contributed by atoms with Gasteiger partial charge in [-0.05, 0) is 24.1 Å². The van der Waals surface area contributed by atoms with E-state index in [1.807, 2.05) is 30.3 Å². The lowest BCUT2D eigenvalue weighted by molar-refractivity contribution is -0.141. The molecule has 32 heavy (non-hydrogen) atoms. The maximum Gasteiger partial charge on any atom is 0.327 e. The van der Waals surface area contributed by atoms with Crippen LogP contribution in [-0.2, 0) is 20.8 Å². The van der Waals surface area contributed by atoms with Crippen LogP contribution in [0.25, 0.3) is 0 Å². The normalized spacial score (nSPS) is 12.4. The molecule has 0 aliphatic rings. The number of hydrogen-bond donors (Lipinski definition) is 4. The zero-order valence-corrected chi connectivity index (χ0v) is 18.7. The summed E-state index contributed by atoms with van der Waals surface area (Å²) in [6.07, 6.45) is 0.667. The minimum atomic E-state index is -1.19. The van der Waals surface area contributed by atoms with Crippen LogP contribution in [0.1, 0.15) is 22.3 Å². The van der Waals surface area contributed by atoms with Crippen LogP contribution in [0.4, 0.5) is 0 Å².